The van der Waals surface area contributed by atoms with Crippen molar-refractivity contribution in [2.24, 2.45) is 7.05 Å². The number of amides is 1. The first-order chi connectivity index (χ1) is 15.1. The first-order valence-corrected chi connectivity index (χ1v) is 10.1. The van der Waals surface area contributed by atoms with E-state index < -0.39 is 35.6 Å². The van der Waals surface area contributed by atoms with Gasteiger partial charge in [0, 0.05) is 14.1 Å². The molecule has 2 heterocycles. The second-order valence-electron chi connectivity index (χ2n) is 7.91. The Morgan fingerprint density at radius 2 is 1.91 bits per heavy atom. The number of likely N-dealkylation sites (N-methyl/N-ethyl adjacent to an activating group) is 1. The van der Waals surface area contributed by atoms with E-state index in [2.05, 4.69) is 4.98 Å². The van der Waals surface area contributed by atoms with Crippen LogP contribution in [0.3, 0.4) is 0 Å². The summed E-state index contributed by atoms with van der Waals surface area (Å²) in [4.78, 5) is 43.6. The third-order valence-corrected chi connectivity index (χ3v) is 5.97. The number of aromatic nitrogens is 3. The molecule has 1 aromatic carbocycles. The van der Waals surface area contributed by atoms with Crippen molar-refractivity contribution in [1.29, 1.82) is 0 Å². The van der Waals surface area contributed by atoms with Crippen LogP contribution in [0.5, 0.6) is 0 Å². The van der Waals surface area contributed by atoms with Gasteiger partial charge in [-0.15, -0.1) is 0 Å². The van der Waals surface area contributed by atoms with E-state index in [4.69, 9.17) is 0 Å². The maximum absolute atomic E-state index is 13.0. The van der Waals surface area contributed by atoms with E-state index in [1.165, 1.54) is 11.9 Å². The van der Waals surface area contributed by atoms with E-state index in [1.807, 2.05) is 24.3 Å². The summed E-state index contributed by atoms with van der Waals surface area (Å²) in [5, 5.41) is -0.168. The summed E-state index contributed by atoms with van der Waals surface area (Å²) in [5.41, 5.74) is -1.14. The molecule has 0 saturated carbocycles. The van der Waals surface area contributed by atoms with Crippen LogP contribution in [0.15, 0.2) is 46.0 Å². The number of pyridine rings is 1. The van der Waals surface area contributed by atoms with Crippen molar-refractivity contribution in [2.75, 3.05) is 7.05 Å². The molecule has 0 N–H and O–H groups in total. The van der Waals surface area contributed by atoms with Crippen LogP contribution in [0.4, 0.5) is 13.2 Å². The van der Waals surface area contributed by atoms with E-state index >= 15 is 0 Å². The summed E-state index contributed by atoms with van der Waals surface area (Å²) < 4.78 is 40.6. The smallest absolute Gasteiger partial charge is 0.337 e. The highest BCUT2D eigenvalue weighted by atomic mass is 19.4. The predicted molar refractivity (Wildman–Crippen MR) is 111 cm³/mol. The van der Waals surface area contributed by atoms with Gasteiger partial charge in [-0.1, -0.05) is 24.3 Å². The second-order valence-corrected chi connectivity index (χ2v) is 7.91. The number of aryl methyl sites for hydroxylation is 2. The number of fused-ring (bicyclic) bond motifs is 2. The van der Waals surface area contributed by atoms with Gasteiger partial charge in [0.2, 0.25) is 5.91 Å². The van der Waals surface area contributed by atoms with Crippen LogP contribution in [0.2, 0.25) is 0 Å². The normalized spacial score (nSPS) is 16.1. The molecule has 0 unspecified atom stereocenters. The Balaban J connectivity index is 1.70. The third kappa shape index (κ3) is 3.69. The molecule has 3 aromatic rings. The van der Waals surface area contributed by atoms with E-state index in [0.29, 0.717) is 6.07 Å². The van der Waals surface area contributed by atoms with Gasteiger partial charge in [-0.25, -0.2) is 9.78 Å². The van der Waals surface area contributed by atoms with Crippen LogP contribution in [0.25, 0.3) is 11.0 Å². The fourth-order valence-corrected chi connectivity index (χ4v) is 4.22. The van der Waals surface area contributed by atoms with Gasteiger partial charge in [-0.05, 0) is 42.5 Å². The van der Waals surface area contributed by atoms with E-state index in [0.717, 1.165) is 45.6 Å². The Kier molecular flexibility index (Phi) is 5.39. The molecule has 0 aliphatic heterocycles. The van der Waals surface area contributed by atoms with Gasteiger partial charge in [0.1, 0.15) is 17.9 Å². The number of alkyl halides is 3. The molecule has 0 spiro atoms. The number of carbonyl (C=O) groups is 1. The Hall–Kier alpha value is -3.43. The maximum Gasteiger partial charge on any atom is 0.433 e. The summed E-state index contributed by atoms with van der Waals surface area (Å²) in [6.07, 6.45) is -2.13. The Labute approximate surface area is 180 Å². The van der Waals surface area contributed by atoms with Gasteiger partial charge in [-0.3, -0.25) is 18.7 Å². The van der Waals surface area contributed by atoms with Gasteiger partial charge in [0.15, 0.2) is 0 Å². The zero-order valence-corrected chi connectivity index (χ0v) is 17.5. The molecule has 7 nitrogen and oxygen atoms in total. The van der Waals surface area contributed by atoms with Gasteiger partial charge in [0.05, 0.1) is 11.4 Å². The Morgan fingerprint density at radius 1 is 1.19 bits per heavy atom. The summed E-state index contributed by atoms with van der Waals surface area (Å²) in [5.74, 6) is -0.440. The second kappa shape index (κ2) is 7.92. The molecule has 10 heteroatoms. The molecule has 4 rings (SSSR count). The monoisotopic (exact) mass is 446 g/mol. The predicted octanol–water partition coefficient (Wildman–Crippen LogP) is 2.65. The molecular weight excluding hydrogens is 425 g/mol. The number of nitrogens with zero attached hydrogens (tertiary/aromatic N) is 4. The Morgan fingerprint density at radius 3 is 2.62 bits per heavy atom. The van der Waals surface area contributed by atoms with Crippen LogP contribution < -0.4 is 11.2 Å². The van der Waals surface area contributed by atoms with E-state index in [1.54, 1.807) is 7.05 Å². The van der Waals surface area contributed by atoms with Crippen LogP contribution in [0, 0.1) is 0 Å². The first-order valence-electron chi connectivity index (χ1n) is 10.1. The number of rotatable bonds is 3. The zero-order valence-electron chi connectivity index (χ0n) is 17.5. The fraction of sp³-hybridized carbons (Fsp3) is 0.364. The minimum absolute atomic E-state index is 0.168. The summed E-state index contributed by atoms with van der Waals surface area (Å²) in [6, 6.07) is 9.32. The lowest BCUT2D eigenvalue weighted by Gasteiger charge is -2.33. The van der Waals surface area contributed by atoms with Crippen LogP contribution in [-0.4, -0.2) is 32.0 Å². The largest absolute Gasteiger partial charge is 0.433 e. The SMILES string of the molecule is CN(C(=O)Cn1c(=O)c2ccc(C(F)(F)F)nc2n(C)c1=O)[C@H]1CCCc2ccccc21. The third-order valence-electron chi connectivity index (χ3n) is 5.97. The quantitative estimate of drug-likeness (QED) is 0.620. The van der Waals surface area contributed by atoms with E-state index in [9.17, 15) is 27.6 Å². The van der Waals surface area contributed by atoms with Crippen LogP contribution in [0.1, 0.15) is 35.7 Å². The molecule has 1 aliphatic rings. The van der Waals surface area contributed by atoms with Crippen LogP contribution in [-0.2, 0) is 31.0 Å². The lowest BCUT2D eigenvalue weighted by atomic mass is 9.87. The van der Waals surface area contributed by atoms with Gasteiger partial charge in [-0.2, -0.15) is 13.2 Å². The van der Waals surface area contributed by atoms with Crippen molar-refractivity contribution in [3.63, 3.8) is 0 Å². The minimum atomic E-state index is -4.71. The first kappa shape index (κ1) is 21.8. The highest BCUT2D eigenvalue weighted by Gasteiger charge is 2.33. The van der Waals surface area contributed by atoms with Gasteiger partial charge in [0.25, 0.3) is 5.56 Å². The van der Waals surface area contributed by atoms with Crippen molar-refractivity contribution in [3.05, 3.63) is 74.1 Å². The van der Waals surface area contributed by atoms with E-state index in [-0.39, 0.29) is 17.1 Å². The lowest BCUT2D eigenvalue weighted by molar-refractivity contribution is -0.141. The molecule has 0 bridgehead atoms. The maximum atomic E-state index is 13.0. The minimum Gasteiger partial charge on any atom is -0.337 e. The molecule has 32 heavy (non-hydrogen) atoms. The highest BCUT2D eigenvalue weighted by Crippen LogP contribution is 2.33. The molecule has 0 fully saturated rings. The fourth-order valence-electron chi connectivity index (χ4n) is 4.22. The topological polar surface area (TPSA) is 77.2 Å². The number of halogens is 3. The summed E-state index contributed by atoms with van der Waals surface area (Å²) in [6.45, 7) is -0.516. The molecule has 168 valence electrons. The number of benzene rings is 1. The van der Waals surface area contributed by atoms with Gasteiger partial charge < -0.3 is 4.90 Å². The van der Waals surface area contributed by atoms with Crippen molar-refractivity contribution in [3.8, 4) is 0 Å². The summed E-state index contributed by atoms with van der Waals surface area (Å²) in [7, 11) is 2.85. The van der Waals surface area contributed by atoms with Crippen molar-refractivity contribution in [2.45, 2.75) is 38.0 Å². The zero-order chi connectivity index (χ0) is 23.2. The molecule has 0 saturated heterocycles. The average molecular weight is 446 g/mol. The van der Waals surface area contributed by atoms with Crippen molar-refractivity contribution in [1.82, 2.24) is 19.0 Å². The average Bonchev–Trinajstić information content (AvgIpc) is 2.78. The molecular formula is C22H21F3N4O3. The standard InChI is InChI=1S/C22H21F3N4O3/c1-27(16-9-5-7-13-6-3-4-8-14(13)16)18(30)12-29-20(31)15-10-11-17(22(23,24)25)26-19(15)28(2)21(29)32/h3-4,6,8,10-11,16H,5,7,9,12H2,1-2H3/t16-/m0/s1. The van der Waals surface area contributed by atoms with Crippen molar-refractivity contribution < 1.29 is 18.0 Å². The number of carbonyl (C=O) groups excluding carboxylic acids is 1. The number of hydrogen-bond acceptors (Lipinski definition) is 4. The Bertz CT molecular complexity index is 1330. The molecule has 0 radical (unpaired) electrons. The molecule has 1 amide bonds. The van der Waals surface area contributed by atoms with Gasteiger partial charge >= 0.3 is 11.9 Å². The molecule has 1 aliphatic carbocycles. The lowest BCUT2D eigenvalue weighted by Crippen LogP contribution is -2.44. The highest BCUT2D eigenvalue weighted by molar-refractivity contribution is 5.78. The van der Waals surface area contributed by atoms with Crippen molar-refractivity contribution >= 4 is 16.9 Å². The summed E-state index contributed by atoms with van der Waals surface area (Å²) >= 11 is 0. The molecule has 2 aromatic heterocycles. The molecule has 1 atom stereocenters. The number of hydrogen-bond donors (Lipinski definition) is 0. The van der Waals surface area contributed by atoms with Crippen LogP contribution >= 0.6 is 0 Å².